The molecule has 0 bridgehead atoms. The highest BCUT2D eigenvalue weighted by Crippen LogP contribution is 2.22. The molecular weight excluding hydrogens is 443 g/mol. The molecule has 0 aliphatic rings. The van der Waals surface area contributed by atoms with E-state index in [2.05, 4.69) is 22.1 Å². The Labute approximate surface area is 196 Å². The fourth-order valence-corrected chi connectivity index (χ4v) is 3.97. The number of ketones is 1. The summed E-state index contributed by atoms with van der Waals surface area (Å²) in [6.45, 7) is 7.56. The predicted octanol–water partition coefficient (Wildman–Crippen LogP) is 4.35. The highest BCUT2D eigenvalue weighted by Gasteiger charge is 2.16. The number of carbonyl (C=O) groups is 2. The lowest BCUT2D eigenvalue weighted by atomic mass is 10.0. The van der Waals surface area contributed by atoms with Crippen molar-refractivity contribution in [3.63, 3.8) is 0 Å². The van der Waals surface area contributed by atoms with Gasteiger partial charge in [-0.25, -0.2) is 4.39 Å². The molecule has 33 heavy (non-hydrogen) atoms. The number of nitrogens with zero attached hydrogens (tertiary/aromatic N) is 3. The van der Waals surface area contributed by atoms with Crippen LogP contribution in [0.3, 0.4) is 0 Å². The molecule has 1 aromatic heterocycles. The number of benzene rings is 2. The van der Waals surface area contributed by atoms with Crippen LogP contribution in [0.4, 0.5) is 4.39 Å². The summed E-state index contributed by atoms with van der Waals surface area (Å²) in [5, 5.41) is 11.7. The molecule has 2 aromatic carbocycles. The predicted molar refractivity (Wildman–Crippen MR) is 125 cm³/mol. The van der Waals surface area contributed by atoms with E-state index in [0.29, 0.717) is 23.1 Å². The van der Waals surface area contributed by atoms with E-state index in [1.165, 1.54) is 24.8 Å². The maximum Gasteiger partial charge on any atom is 0.217 e. The second kappa shape index (κ2) is 11.4. The quantitative estimate of drug-likeness (QED) is 0.256. The van der Waals surface area contributed by atoms with Gasteiger partial charge in [-0.15, -0.1) is 16.8 Å². The molecule has 0 saturated carbocycles. The van der Waals surface area contributed by atoms with Crippen LogP contribution in [0.1, 0.15) is 41.6 Å². The van der Waals surface area contributed by atoms with Gasteiger partial charge >= 0.3 is 0 Å². The molecule has 0 saturated heterocycles. The van der Waals surface area contributed by atoms with Crippen molar-refractivity contribution in [1.82, 2.24) is 20.1 Å². The number of carbonyl (C=O) groups excluding carboxylic acids is 2. The molecule has 1 N–H and O–H groups in total. The molecule has 172 valence electrons. The summed E-state index contributed by atoms with van der Waals surface area (Å²) < 4.78 is 21.1. The molecule has 0 spiro atoms. The summed E-state index contributed by atoms with van der Waals surface area (Å²) in [5.41, 5.74) is 1.48. The number of aromatic nitrogens is 3. The Hall–Kier alpha value is -3.46. The van der Waals surface area contributed by atoms with Gasteiger partial charge in [0.05, 0.1) is 11.8 Å². The van der Waals surface area contributed by atoms with Crippen LogP contribution >= 0.6 is 11.8 Å². The van der Waals surface area contributed by atoms with E-state index in [-0.39, 0.29) is 35.8 Å². The van der Waals surface area contributed by atoms with Gasteiger partial charge in [-0.2, -0.15) is 0 Å². The number of para-hydroxylation sites is 1. The van der Waals surface area contributed by atoms with Crippen LogP contribution in [0.15, 0.2) is 66.3 Å². The average molecular weight is 469 g/mol. The summed E-state index contributed by atoms with van der Waals surface area (Å²) >= 11 is 1.26. The SMILES string of the molecule is C=CCn1c(COc2ccccc2F)nnc1SCC(=O)c1ccc(C(C)NC(C)=O)cc1. The van der Waals surface area contributed by atoms with Crippen molar-refractivity contribution in [2.24, 2.45) is 0 Å². The fourth-order valence-electron chi connectivity index (χ4n) is 3.11. The minimum Gasteiger partial charge on any atom is -0.483 e. The Morgan fingerprint density at radius 2 is 1.94 bits per heavy atom. The molecule has 0 aliphatic heterocycles. The molecule has 0 fully saturated rings. The lowest BCUT2D eigenvalue weighted by Gasteiger charge is -2.13. The van der Waals surface area contributed by atoms with Crippen molar-refractivity contribution in [2.45, 2.75) is 38.2 Å². The topological polar surface area (TPSA) is 86.1 Å². The Morgan fingerprint density at radius 1 is 1.21 bits per heavy atom. The highest BCUT2D eigenvalue weighted by molar-refractivity contribution is 7.99. The molecular formula is C24H25FN4O3S. The Bertz CT molecular complexity index is 1130. The standard InChI is InChI=1S/C24H25FN4O3S/c1-4-13-29-23(14-32-22-8-6-5-7-20(22)25)27-28-24(29)33-15-21(31)19-11-9-18(10-12-19)16(2)26-17(3)30/h4-12,16H,1,13-15H2,2-3H3,(H,26,30). The maximum atomic E-state index is 13.8. The van der Waals surface area contributed by atoms with Crippen molar-refractivity contribution in [1.29, 1.82) is 0 Å². The summed E-state index contributed by atoms with van der Waals surface area (Å²) in [5.74, 6) is 0.183. The van der Waals surface area contributed by atoms with Crippen molar-refractivity contribution in [3.05, 3.63) is 84.0 Å². The molecule has 0 radical (unpaired) electrons. The van der Waals surface area contributed by atoms with E-state index in [4.69, 9.17) is 4.74 Å². The molecule has 3 rings (SSSR count). The van der Waals surface area contributed by atoms with Gasteiger partial charge in [0.1, 0.15) is 6.61 Å². The largest absolute Gasteiger partial charge is 0.483 e. The van der Waals surface area contributed by atoms with Gasteiger partial charge in [0.2, 0.25) is 5.91 Å². The molecule has 1 atom stereocenters. The first-order valence-electron chi connectivity index (χ1n) is 10.3. The van der Waals surface area contributed by atoms with Crippen LogP contribution in [-0.2, 0) is 17.9 Å². The van der Waals surface area contributed by atoms with Gasteiger partial charge in [0, 0.05) is 19.0 Å². The smallest absolute Gasteiger partial charge is 0.217 e. The van der Waals surface area contributed by atoms with Crippen LogP contribution in [0, 0.1) is 5.82 Å². The number of rotatable bonds is 11. The summed E-state index contributed by atoms with van der Waals surface area (Å²) in [6, 6.07) is 13.2. The normalized spacial score (nSPS) is 11.6. The molecule has 1 heterocycles. The van der Waals surface area contributed by atoms with Crippen molar-refractivity contribution in [2.75, 3.05) is 5.75 Å². The van der Waals surface area contributed by atoms with E-state index in [1.54, 1.807) is 41.0 Å². The highest BCUT2D eigenvalue weighted by atomic mass is 32.2. The molecule has 3 aromatic rings. The van der Waals surface area contributed by atoms with E-state index >= 15 is 0 Å². The number of hydrogen-bond acceptors (Lipinski definition) is 6. The number of thioether (sulfide) groups is 1. The second-order valence-corrected chi connectivity index (χ2v) is 8.22. The zero-order valence-electron chi connectivity index (χ0n) is 18.5. The Kier molecular flexibility index (Phi) is 8.37. The summed E-state index contributed by atoms with van der Waals surface area (Å²) in [4.78, 5) is 23.9. The van der Waals surface area contributed by atoms with Gasteiger partial charge < -0.3 is 10.1 Å². The fraction of sp³-hybridized carbons (Fsp3) is 0.250. The second-order valence-electron chi connectivity index (χ2n) is 7.27. The molecule has 1 unspecified atom stereocenters. The van der Waals surface area contributed by atoms with Gasteiger partial charge in [0.15, 0.2) is 28.3 Å². The summed E-state index contributed by atoms with van der Waals surface area (Å²) in [6.07, 6.45) is 1.69. The van der Waals surface area contributed by atoms with Crippen molar-refractivity contribution < 1.29 is 18.7 Å². The van der Waals surface area contributed by atoms with Gasteiger partial charge in [0.25, 0.3) is 0 Å². The van der Waals surface area contributed by atoms with Gasteiger partial charge in [-0.1, -0.05) is 54.2 Å². The van der Waals surface area contributed by atoms with E-state index in [0.717, 1.165) is 5.56 Å². The monoisotopic (exact) mass is 468 g/mol. The van der Waals surface area contributed by atoms with E-state index < -0.39 is 5.82 Å². The Balaban J connectivity index is 1.63. The number of hydrogen-bond donors (Lipinski definition) is 1. The zero-order chi connectivity index (χ0) is 23.8. The number of nitrogens with one attached hydrogen (secondary N) is 1. The van der Waals surface area contributed by atoms with Crippen LogP contribution in [0.5, 0.6) is 5.75 Å². The first-order chi connectivity index (χ1) is 15.9. The van der Waals surface area contributed by atoms with Gasteiger partial charge in [-0.3, -0.25) is 14.2 Å². The lowest BCUT2D eigenvalue weighted by molar-refractivity contribution is -0.119. The number of amides is 1. The van der Waals surface area contributed by atoms with E-state index in [9.17, 15) is 14.0 Å². The molecule has 9 heteroatoms. The zero-order valence-corrected chi connectivity index (χ0v) is 19.3. The van der Waals surface area contributed by atoms with Crippen LogP contribution in [0.25, 0.3) is 0 Å². The van der Waals surface area contributed by atoms with Crippen molar-refractivity contribution >= 4 is 23.5 Å². The minimum absolute atomic E-state index is 0.0320. The number of halogens is 1. The maximum absolute atomic E-state index is 13.8. The van der Waals surface area contributed by atoms with Crippen LogP contribution < -0.4 is 10.1 Å². The molecule has 1 amide bonds. The van der Waals surface area contributed by atoms with Crippen molar-refractivity contribution in [3.8, 4) is 5.75 Å². The molecule has 0 aliphatic carbocycles. The third-order valence-corrected chi connectivity index (χ3v) is 5.75. The number of Topliss-reactive ketones (excluding diaryl/α,β-unsaturated/α-hetero) is 1. The lowest BCUT2D eigenvalue weighted by Crippen LogP contribution is -2.23. The number of ether oxygens (including phenoxy) is 1. The minimum atomic E-state index is -0.454. The van der Waals surface area contributed by atoms with Gasteiger partial charge in [-0.05, 0) is 24.6 Å². The number of allylic oxidation sites excluding steroid dienone is 1. The van der Waals surface area contributed by atoms with E-state index in [1.807, 2.05) is 19.1 Å². The molecule has 7 nitrogen and oxygen atoms in total. The summed E-state index contributed by atoms with van der Waals surface area (Å²) in [7, 11) is 0. The third-order valence-electron chi connectivity index (χ3n) is 4.78. The Morgan fingerprint density at radius 3 is 2.61 bits per heavy atom. The first kappa shape index (κ1) is 24.2. The van der Waals surface area contributed by atoms with Crippen LogP contribution in [0.2, 0.25) is 0 Å². The average Bonchev–Trinajstić information content (AvgIpc) is 3.18. The first-order valence-corrected chi connectivity index (χ1v) is 11.3. The third kappa shape index (κ3) is 6.52. The van der Waals surface area contributed by atoms with Crippen LogP contribution in [-0.4, -0.2) is 32.2 Å².